The van der Waals surface area contributed by atoms with Crippen LogP contribution in [0.3, 0.4) is 0 Å². The summed E-state index contributed by atoms with van der Waals surface area (Å²) in [7, 11) is 0. The Bertz CT molecular complexity index is 1330. The highest BCUT2D eigenvalue weighted by molar-refractivity contribution is 9.10. The first-order valence-corrected chi connectivity index (χ1v) is 12.6. The molecule has 0 spiro atoms. The first-order chi connectivity index (χ1) is 16.8. The molecule has 4 rings (SSSR count). The van der Waals surface area contributed by atoms with Crippen LogP contribution >= 0.6 is 39.3 Å². The van der Waals surface area contributed by atoms with Gasteiger partial charge in [0.1, 0.15) is 5.75 Å². The SMILES string of the molecule is Cc1ccc(CN2C(=O)S/C(=C\c3cc(Br)ccc3OCC(=O)Nc3ccccc3Cl)C2=O)cc1. The van der Waals surface area contributed by atoms with Crippen molar-refractivity contribution in [1.29, 1.82) is 0 Å². The molecule has 9 heteroatoms. The van der Waals surface area contributed by atoms with Crippen LogP contribution in [0, 0.1) is 6.92 Å². The summed E-state index contributed by atoms with van der Waals surface area (Å²) >= 11 is 10.4. The number of thioether (sulfide) groups is 1. The average Bonchev–Trinajstić information content (AvgIpc) is 3.09. The van der Waals surface area contributed by atoms with E-state index < -0.39 is 0 Å². The molecule has 0 aromatic heterocycles. The molecule has 1 heterocycles. The normalized spacial score (nSPS) is 14.5. The Hall–Kier alpha value is -3.07. The van der Waals surface area contributed by atoms with Crippen LogP contribution in [0.15, 0.2) is 76.1 Å². The van der Waals surface area contributed by atoms with Crippen molar-refractivity contribution in [2.24, 2.45) is 0 Å². The molecule has 0 bridgehead atoms. The number of amides is 3. The summed E-state index contributed by atoms with van der Waals surface area (Å²) in [5, 5.41) is 2.79. The minimum Gasteiger partial charge on any atom is -0.483 e. The topological polar surface area (TPSA) is 75.7 Å². The number of hydrogen-bond acceptors (Lipinski definition) is 5. The third kappa shape index (κ3) is 6.33. The van der Waals surface area contributed by atoms with Gasteiger partial charge in [-0.3, -0.25) is 19.3 Å². The lowest BCUT2D eigenvalue weighted by Gasteiger charge is -2.13. The minimum atomic E-state index is -0.384. The van der Waals surface area contributed by atoms with Crippen molar-refractivity contribution in [3.8, 4) is 5.75 Å². The van der Waals surface area contributed by atoms with Crippen LogP contribution in [0.2, 0.25) is 5.02 Å². The first kappa shape index (κ1) is 25.0. The zero-order valence-corrected chi connectivity index (χ0v) is 21.7. The summed E-state index contributed by atoms with van der Waals surface area (Å²) in [5.41, 5.74) is 3.02. The number of ether oxygens (including phenoxy) is 1. The van der Waals surface area contributed by atoms with E-state index in [1.807, 2.05) is 31.2 Å². The van der Waals surface area contributed by atoms with Crippen LogP contribution in [-0.2, 0) is 16.1 Å². The predicted molar refractivity (Wildman–Crippen MR) is 142 cm³/mol. The van der Waals surface area contributed by atoms with E-state index in [2.05, 4.69) is 21.2 Å². The van der Waals surface area contributed by atoms with Gasteiger partial charge in [0.05, 0.1) is 22.2 Å². The lowest BCUT2D eigenvalue weighted by atomic mass is 10.1. The number of halogens is 2. The number of anilines is 1. The van der Waals surface area contributed by atoms with Gasteiger partial charge in [-0.1, -0.05) is 69.5 Å². The number of carbonyl (C=O) groups is 3. The molecule has 6 nitrogen and oxygen atoms in total. The molecule has 1 aliphatic rings. The van der Waals surface area contributed by atoms with Crippen LogP contribution in [0.4, 0.5) is 10.5 Å². The number of nitrogens with one attached hydrogen (secondary N) is 1. The maximum atomic E-state index is 13.0. The van der Waals surface area contributed by atoms with Crippen molar-refractivity contribution < 1.29 is 19.1 Å². The van der Waals surface area contributed by atoms with Gasteiger partial charge in [0.15, 0.2) is 6.61 Å². The van der Waals surface area contributed by atoms with E-state index in [0.717, 1.165) is 27.4 Å². The third-order valence-corrected chi connectivity index (χ3v) is 6.83. The number of nitrogens with zero attached hydrogens (tertiary/aromatic N) is 1. The monoisotopic (exact) mass is 570 g/mol. The molecule has 0 unspecified atom stereocenters. The van der Waals surface area contributed by atoms with E-state index >= 15 is 0 Å². The van der Waals surface area contributed by atoms with Crippen LogP contribution in [0.1, 0.15) is 16.7 Å². The van der Waals surface area contributed by atoms with E-state index in [9.17, 15) is 14.4 Å². The Labute approximate surface area is 220 Å². The lowest BCUT2D eigenvalue weighted by molar-refractivity contribution is -0.123. The number of imide groups is 1. The van der Waals surface area contributed by atoms with Gasteiger partial charge in [-0.2, -0.15) is 0 Å². The lowest BCUT2D eigenvalue weighted by Crippen LogP contribution is -2.27. The fourth-order valence-corrected chi connectivity index (χ4v) is 4.70. The van der Waals surface area contributed by atoms with Gasteiger partial charge in [-0.15, -0.1) is 0 Å². The average molecular weight is 572 g/mol. The van der Waals surface area contributed by atoms with Crippen molar-refractivity contribution in [3.05, 3.63) is 97.8 Å². The van der Waals surface area contributed by atoms with Crippen LogP contribution in [-0.4, -0.2) is 28.6 Å². The number of para-hydroxylation sites is 1. The first-order valence-electron chi connectivity index (χ1n) is 10.6. The minimum absolute atomic E-state index is 0.201. The number of carbonyl (C=O) groups excluding carboxylic acids is 3. The summed E-state index contributed by atoms with van der Waals surface area (Å²) in [5.74, 6) is -0.360. The molecule has 3 amide bonds. The largest absolute Gasteiger partial charge is 0.483 e. The molecule has 1 aliphatic heterocycles. The summed E-state index contributed by atoms with van der Waals surface area (Å²) in [6.07, 6.45) is 1.60. The van der Waals surface area contributed by atoms with Crippen LogP contribution in [0.5, 0.6) is 5.75 Å². The van der Waals surface area contributed by atoms with Gasteiger partial charge >= 0.3 is 0 Å². The second-order valence-corrected chi connectivity index (χ2v) is 10.1. The molecule has 3 aromatic rings. The van der Waals surface area contributed by atoms with E-state index in [-0.39, 0.29) is 35.1 Å². The van der Waals surface area contributed by atoms with Gasteiger partial charge in [-0.25, -0.2) is 0 Å². The van der Waals surface area contributed by atoms with Crippen LogP contribution < -0.4 is 10.1 Å². The van der Waals surface area contributed by atoms with Crippen molar-refractivity contribution in [2.45, 2.75) is 13.5 Å². The highest BCUT2D eigenvalue weighted by Crippen LogP contribution is 2.35. The van der Waals surface area contributed by atoms with Gasteiger partial charge in [-0.05, 0) is 60.7 Å². The van der Waals surface area contributed by atoms with Crippen molar-refractivity contribution in [3.63, 3.8) is 0 Å². The van der Waals surface area contributed by atoms with E-state index in [1.54, 1.807) is 48.5 Å². The zero-order valence-electron chi connectivity index (χ0n) is 18.6. The Balaban J connectivity index is 1.48. The van der Waals surface area contributed by atoms with Gasteiger partial charge in [0.25, 0.3) is 17.1 Å². The summed E-state index contributed by atoms with van der Waals surface area (Å²) in [6.45, 7) is 1.92. The zero-order chi connectivity index (χ0) is 24.9. The van der Waals surface area contributed by atoms with Gasteiger partial charge in [0.2, 0.25) is 0 Å². The molecule has 0 saturated carbocycles. The second kappa shape index (κ2) is 11.1. The number of rotatable bonds is 7. The predicted octanol–water partition coefficient (Wildman–Crippen LogP) is 6.66. The number of hydrogen-bond donors (Lipinski definition) is 1. The molecule has 1 fully saturated rings. The second-order valence-electron chi connectivity index (χ2n) is 7.75. The molecular weight excluding hydrogens is 552 g/mol. The van der Waals surface area contributed by atoms with E-state index in [1.165, 1.54) is 4.90 Å². The molecule has 0 atom stereocenters. The van der Waals surface area contributed by atoms with Crippen molar-refractivity contribution >= 4 is 68.1 Å². The Kier molecular flexibility index (Phi) is 7.95. The van der Waals surface area contributed by atoms with Gasteiger partial charge < -0.3 is 10.1 Å². The Morgan fingerprint density at radius 1 is 1.11 bits per heavy atom. The van der Waals surface area contributed by atoms with Crippen molar-refractivity contribution in [1.82, 2.24) is 4.90 Å². The summed E-state index contributed by atoms with van der Waals surface area (Å²) in [6, 6.07) is 19.8. The number of benzene rings is 3. The maximum Gasteiger partial charge on any atom is 0.293 e. The standard InChI is InChI=1S/C26H20BrClN2O4S/c1-16-6-8-17(9-7-16)14-30-25(32)23(35-26(30)33)13-18-12-19(27)10-11-22(18)34-15-24(31)29-21-5-3-2-4-20(21)28/h2-13H,14-15H2,1H3,(H,29,31)/b23-13-. The molecule has 178 valence electrons. The maximum absolute atomic E-state index is 13.0. The molecule has 1 N–H and O–H groups in total. The molecular formula is C26H20BrClN2O4S. The fraction of sp³-hybridized carbons (Fsp3) is 0.115. The third-order valence-electron chi connectivity index (χ3n) is 5.10. The summed E-state index contributed by atoms with van der Waals surface area (Å²) < 4.78 is 6.49. The summed E-state index contributed by atoms with van der Waals surface area (Å²) in [4.78, 5) is 39.4. The molecule has 0 aliphatic carbocycles. The highest BCUT2D eigenvalue weighted by atomic mass is 79.9. The van der Waals surface area contributed by atoms with E-state index in [0.29, 0.717) is 22.0 Å². The van der Waals surface area contributed by atoms with Crippen molar-refractivity contribution in [2.75, 3.05) is 11.9 Å². The fourth-order valence-electron chi connectivity index (χ4n) is 3.31. The number of aryl methyl sites for hydroxylation is 1. The molecule has 3 aromatic carbocycles. The van der Waals surface area contributed by atoms with E-state index in [4.69, 9.17) is 16.3 Å². The highest BCUT2D eigenvalue weighted by Gasteiger charge is 2.35. The quantitative estimate of drug-likeness (QED) is 0.321. The van der Waals surface area contributed by atoms with Gasteiger partial charge in [0, 0.05) is 10.0 Å². The molecule has 1 saturated heterocycles. The Morgan fingerprint density at radius 2 is 1.86 bits per heavy atom. The van der Waals surface area contributed by atoms with Crippen LogP contribution in [0.25, 0.3) is 6.08 Å². The molecule has 0 radical (unpaired) electrons. The Morgan fingerprint density at radius 3 is 2.60 bits per heavy atom. The molecule has 35 heavy (non-hydrogen) atoms. The smallest absolute Gasteiger partial charge is 0.293 e.